The maximum atomic E-state index is 13.6. The van der Waals surface area contributed by atoms with Gasteiger partial charge in [0, 0.05) is 31.2 Å². The number of carbonyl (C=O) groups excluding carboxylic acids is 1. The smallest absolute Gasteiger partial charge is 0.145 e. The summed E-state index contributed by atoms with van der Waals surface area (Å²) in [6.45, 7) is 12.1. The van der Waals surface area contributed by atoms with E-state index in [2.05, 4.69) is 9.30 Å². The number of rotatable bonds is 16. The first-order valence-electron chi connectivity index (χ1n) is 14.9. The molecule has 44 heavy (non-hydrogen) atoms. The third-order valence-corrected chi connectivity index (χ3v) is 6.40. The molecule has 0 aliphatic heterocycles. The molecular weight excluding hydrogens is 565 g/mol. The molecule has 0 saturated carbocycles. The van der Waals surface area contributed by atoms with Gasteiger partial charge in [-0.25, -0.2) is 4.39 Å². The third-order valence-electron chi connectivity index (χ3n) is 6.40. The van der Waals surface area contributed by atoms with Gasteiger partial charge in [-0.05, 0) is 85.1 Å². The van der Waals surface area contributed by atoms with E-state index in [0.29, 0.717) is 52.5 Å². The minimum atomic E-state index is -0.279. The summed E-state index contributed by atoms with van der Waals surface area (Å²) in [6, 6.07) is 19.7. The highest BCUT2D eigenvalue weighted by Gasteiger charge is 2.17. The first-order valence-corrected chi connectivity index (χ1v) is 14.9. The molecule has 0 atom stereocenters. The Kier molecular flexibility index (Phi) is 17.4. The topological polar surface area (TPSA) is 88.4 Å². The summed E-state index contributed by atoms with van der Waals surface area (Å²) in [5, 5.41) is 11.0. The number of halogens is 1. The van der Waals surface area contributed by atoms with Crippen molar-refractivity contribution < 1.29 is 38.0 Å². The van der Waals surface area contributed by atoms with E-state index < -0.39 is 0 Å². The van der Waals surface area contributed by atoms with Crippen molar-refractivity contribution in [1.82, 2.24) is 4.57 Å². The van der Waals surface area contributed by atoms with E-state index in [1.54, 1.807) is 31.4 Å². The molecule has 1 aromatic heterocycles. The molecule has 3 aromatic carbocycles. The number of aromatic hydroxyl groups is 1. The number of aryl methyl sites for hydroxylation is 1. The second-order valence-electron chi connectivity index (χ2n) is 9.30. The number of phenolic OH excluding ortho intramolecular Hbond substituents is 1. The van der Waals surface area contributed by atoms with Crippen LogP contribution in [0.1, 0.15) is 31.9 Å². The second kappa shape index (κ2) is 21.0. The summed E-state index contributed by atoms with van der Waals surface area (Å²) < 4.78 is 42.0. The average Bonchev–Trinajstić information content (AvgIpc) is 3.31. The third kappa shape index (κ3) is 11.7. The number of benzene rings is 3. The molecule has 8 nitrogen and oxygen atoms in total. The number of phenols is 1. The molecule has 1 N–H and O–H groups in total. The number of carbonyl (C=O) groups is 1. The second-order valence-corrected chi connectivity index (χ2v) is 9.30. The number of methoxy groups -OCH3 is 1. The highest BCUT2D eigenvalue weighted by Crippen LogP contribution is 2.35. The van der Waals surface area contributed by atoms with E-state index in [4.69, 9.17) is 18.9 Å². The van der Waals surface area contributed by atoms with Gasteiger partial charge in [-0.3, -0.25) is 0 Å². The largest absolute Gasteiger partial charge is 0.508 e. The quantitative estimate of drug-likeness (QED) is 0.110. The minimum Gasteiger partial charge on any atom is -0.508 e. The van der Waals surface area contributed by atoms with Gasteiger partial charge in [0.1, 0.15) is 36.8 Å². The molecule has 1 heterocycles. The van der Waals surface area contributed by atoms with Gasteiger partial charge < -0.3 is 38.2 Å². The summed E-state index contributed by atoms with van der Waals surface area (Å²) in [7, 11) is 1.68. The Bertz CT molecular complexity index is 1350. The molecule has 240 valence electrons. The zero-order valence-corrected chi connectivity index (χ0v) is 26.5. The molecule has 0 aliphatic rings. The molecule has 0 radical (unpaired) electrons. The highest BCUT2D eigenvalue weighted by molar-refractivity contribution is 5.92. The van der Waals surface area contributed by atoms with E-state index in [1.165, 1.54) is 12.1 Å². The van der Waals surface area contributed by atoms with Crippen LogP contribution in [0, 0.1) is 12.7 Å². The summed E-state index contributed by atoms with van der Waals surface area (Å²) in [6.07, 6.45) is 0.709. The monoisotopic (exact) mass is 611 g/mol. The number of hydrogen-bond donors (Lipinski definition) is 1. The Morgan fingerprint density at radius 1 is 0.841 bits per heavy atom. The van der Waals surface area contributed by atoms with Crippen molar-refractivity contribution in [2.45, 2.75) is 34.2 Å². The lowest BCUT2D eigenvalue weighted by Crippen LogP contribution is -2.13. The Morgan fingerprint density at radius 2 is 1.43 bits per heavy atom. The van der Waals surface area contributed by atoms with Gasteiger partial charge in [0.05, 0.1) is 38.7 Å². The number of fused-ring (bicyclic) bond motifs is 1. The van der Waals surface area contributed by atoms with Crippen LogP contribution in [-0.2, 0) is 30.3 Å². The lowest BCUT2D eigenvalue weighted by atomic mass is 10.1. The molecule has 0 aliphatic carbocycles. The van der Waals surface area contributed by atoms with E-state index in [1.807, 2.05) is 58.0 Å². The number of ether oxygens (including phenoxy) is 5. The highest BCUT2D eigenvalue weighted by atomic mass is 19.1. The van der Waals surface area contributed by atoms with Crippen LogP contribution in [0.4, 0.5) is 4.39 Å². The van der Waals surface area contributed by atoms with Crippen molar-refractivity contribution in [3.63, 3.8) is 0 Å². The zero-order valence-electron chi connectivity index (χ0n) is 26.5. The molecule has 9 heteroatoms. The number of aldehydes is 1. The van der Waals surface area contributed by atoms with Crippen molar-refractivity contribution in [2.75, 3.05) is 60.0 Å². The molecule has 4 aromatic rings. The molecule has 0 saturated heterocycles. The lowest BCUT2D eigenvalue weighted by Gasteiger charge is -2.13. The fraction of sp³-hybridized carbons (Fsp3) is 0.400. The maximum absolute atomic E-state index is 13.6. The van der Waals surface area contributed by atoms with Crippen molar-refractivity contribution in [1.29, 1.82) is 0 Å². The average molecular weight is 612 g/mol. The number of hydrogen-bond acceptors (Lipinski definition) is 7. The molecule has 0 unspecified atom stereocenters. The lowest BCUT2D eigenvalue weighted by molar-refractivity contribution is -0.112. The van der Waals surface area contributed by atoms with Crippen molar-refractivity contribution >= 4 is 17.2 Å². The molecule has 4 rings (SSSR count). The minimum absolute atomic E-state index is 0.0868. The Hall–Kier alpha value is -3.76. The Morgan fingerprint density at radius 3 is 2.02 bits per heavy atom. The van der Waals surface area contributed by atoms with Crippen LogP contribution in [-0.4, -0.2) is 75.9 Å². The molecule has 0 fully saturated rings. The van der Waals surface area contributed by atoms with Gasteiger partial charge in [-0.15, -0.1) is 0 Å². The van der Waals surface area contributed by atoms with Crippen LogP contribution in [0.25, 0.3) is 22.2 Å². The normalized spacial score (nSPS) is 10.5. The van der Waals surface area contributed by atoms with Crippen LogP contribution in [0.5, 0.6) is 11.5 Å². The molecular formula is C35H46FNO7. The van der Waals surface area contributed by atoms with Crippen LogP contribution < -0.4 is 4.74 Å². The molecule has 0 amide bonds. The van der Waals surface area contributed by atoms with Crippen LogP contribution in [0.2, 0.25) is 0 Å². The van der Waals surface area contributed by atoms with Gasteiger partial charge in [0.15, 0.2) is 0 Å². The van der Waals surface area contributed by atoms with Gasteiger partial charge >= 0.3 is 0 Å². The Labute approximate surface area is 260 Å². The van der Waals surface area contributed by atoms with E-state index in [0.717, 1.165) is 45.6 Å². The fourth-order valence-electron chi connectivity index (χ4n) is 4.32. The van der Waals surface area contributed by atoms with E-state index >= 15 is 0 Å². The molecule has 0 bridgehead atoms. The predicted molar refractivity (Wildman–Crippen MR) is 172 cm³/mol. The fourth-order valence-corrected chi connectivity index (χ4v) is 4.32. The Balaban J connectivity index is 0.00000104. The van der Waals surface area contributed by atoms with Crippen LogP contribution >= 0.6 is 0 Å². The van der Waals surface area contributed by atoms with Crippen LogP contribution in [0.15, 0.2) is 66.7 Å². The molecule has 0 spiro atoms. The van der Waals surface area contributed by atoms with Gasteiger partial charge in [-0.1, -0.05) is 26.0 Å². The predicted octanol–water partition coefficient (Wildman–Crippen LogP) is 6.82. The maximum Gasteiger partial charge on any atom is 0.145 e. The summed E-state index contributed by atoms with van der Waals surface area (Å²) in [5.41, 5.74) is 5.00. The SMILES string of the molecule is CC.CCOC.Cc1c(-c2ccc(F)cc2)n(Cc2ccc(OCCOCCOCCOCC=O)cc2)c2ccc(O)cc12. The van der Waals surface area contributed by atoms with Gasteiger partial charge in [0.25, 0.3) is 0 Å². The van der Waals surface area contributed by atoms with E-state index in [-0.39, 0.29) is 18.2 Å². The summed E-state index contributed by atoms with van der Waals surface area (Å²) >= 11 is 0. The number of nitrogens with zero attached hydrogens (tertiary/aromatic N) is 1. The first-order chi connectivity index (χ1) is 21.5. The van der Waals surface area contributed by atoms with Gasteiger partial charge in [0.2, 0.25) is 0 Å². The van der Waals surface area contributed by atoms with Crippen molar-refractivity contribution in [2.24, 2.45) is 0 Å². The van der Waals surface area contributed by atoms with Gasteiger partial charge in [-0.2, -0.15) is 0 Å². The zero-order chi connectivity index (χ0) is 32.2. The standard InChI is InChI=1S/C30H32FNO6.C3H8O.C2H6/c1-22-28-20-26(34)8-11-29(28)32(30(22)24-4-6-25(31)7-5-24)21-23-2-9-27(10-3-23)38-19-18-37-17-16-36-15-14-35-13-12-33;1-3-4-2;1-2/h2-12,20,34H,13-19,21H2,1H3;3H2,1-2H3;1-2H3. The van der Waals surface area contributed by atoms with Crippen molar-refractivity contribution in [3.8, 4) is 22.8 Å². The summed E-state index contributed by atoms with van der Waals surface area (Å²) in [4.78, 5) is 10.1. The first kappa shape index (κ1) is 36.4. The number of aromatic nitrogens is 1. The van der Waals surface area contributed by atoms with Crippen molar-refractivity contribution in [3.05, 3.63) is 83.7 Å². The van der Waals surface area contributed by atoms with E-state index in [9.17, 15) is 14.3 Å². The van der Waals surface area contributed by atoms with Crippen LogP contribution in [0.3, 0.4) is 0 Å². The summed E-state index contributed by atoms with van der Waals surface area (Å²) in [5.74, 6) is 0.679.